The summed E-state index contributed by atoms with van der Waals surface area (Å²) in [6.45, 7) is 6.30. The molecule has 1 aliphatic heterocycles. The van der Waals surface area contributed by atoms with E-state index in [4.69, 9.17) is 11.6 Å². The van der Waals surface area contributed by atoms with Crippen LogP contribution in [0.5, 0.6) is 5.75 Å². The Bertz CT molecular complexity index is 443. The Morgan fingerprint density at radius 2 is 2.00 bits per heavy atom. The third kappa shape index (κ3) is 2.76. The summed E-state index contributed by atoms with van der Waals surface area (Å²) in [5, 5.41) is 10.2. The first-order valence-electron chi connectivity index (χ1n) is 6.12. The number of rotatable bonds is 2. The predicted octanol–water partition coefficient (Wildman–Crippen LogP) is 1.82. The van der Waals surface area contributed by atoms with Crippen molar-refractivity contribution in [3.8, 4) is 5.75 Å². The standard InChI is InChI=1S/C13H17ClN2O2/c1-2-15-5-7-16(8-6-15)13(18)11-4-3-10(14)9-12(11)17/h3-4,9,17H,2,5-8H2,1H3. The summed E-state index contributed by atoms with van der Waals surface area (Å²) in [5.41, 5.74) is 0.323. The molecule has 5 heteroatoms. The minimum Gasteiger partial charge on any atom is -0.507 e. The Hall–Kier alpha value is -1.26. The van der Waals surface area contributed by atoms with E-state index in [1.54, 1.807) is 17.0 Å². The summed E-state index contributed by atoms with van der Waals surface area (Å²) in [6, 6.07) is 4.60. The molecule has 1 amide bonds. The van der Waals surface area contributed by atoms with Crippen LogP contribution < -0.4 is 0 Å². The number of hydrogen-bond acceptors (Lipinski definition) is 3. The van der Waals surface area contributed by atoms with Crippen molar-refractivity contribution in [3.63, 3.8) is 0 Å². The van der Waals surface area contributed by atoms with E-state index in [9.17, 15) is 9.90 Å². The van der Waals surface area contributed by atoms with Crippen molar-refractivity contribution in [1.29, 1.82) is 0 Å². The Labute approximate surface area is 112 Å². The Kier molecular flexibility index (Phi) is 4.09. The molecule has 1 N–H and O–H groups in total. The number of halogens is 1. The van der Waals surface area contributed by atoms with Gasteiger partial charge in [0, 0.05) is 31.2 Å². The first-order valence-corrected chi connectivity index (χ1v) is 6.49. The van der Waals surface area contributed by atoms with Crippen molar-refractivity contribution in [2.45, 2.75) is 6.92 Å². The summed E-state index contributed by atoms with van der Waals surface area (Å²) in [5.74, 6) is -0.176. The molecule has 1 fully saturated rings. The van der Waals surface area contributed by atoms with Crippen LogP contribution in [0.2, 0.25) is 5.02 Å². The van der Waals surface area contributed by atoms with Crippen molar-refractivity contribution in [2.75, 3.05) is 32.7 Å². The second-order valence-electron chi connectivity index (χ2n) is 4.39. The molecule has 4 nitrogen and oxygen atoms in total. The molecule has 0 unspecified atom stereocenters. The number of amides is 1. The fourth-order valence-electron chi connectivity index (χ4n) is 2.12. The predicted molar refractivity (Wildman–Crippen MR) is 71.1 cm³/mol. The number of phenolic OH excluding ortho intramolecular Hbond substituents is 1. The Morgan fingerprint density at radius 1 is 1.33 bits per heavy atom. The van der Waals surface area contributed by atoms with Gasteiger partial charge in [-0.1, -0.05) is 18.5 Å². The monoisotopic (exact) mass is 268 g/mol. The molecule has 1 heterocycles. The Balaban J connectivity index is 2.08. The van der Waals surface area contributed by atoms with Gasteiger partial charge in [-0.05, 0) is 24.7 Å². The largest absolute Gasteiger partial charge is 0.507 e. The van der Waals surface area contributed by atoms with E-state index < -0.39 is 0 Å². The second kappa shape index (κ2) is 5.59. The highest BCUT2D eigenvalue weighted by Gasteiger charge is 2.23. The summed E-state index contributed by atoms with van der Waals surface area (Å²) in [7, 11) is 0. The van der Waals surface area contributed by atoms with E-state index >= 15 is 0 Å². The van der Waals surface area contributed by atoms with Crippen LogP contribution in [0.4, 0.5) is 0 Å². The van der Waals surface area contributed by atoms with Gasteiger partial charge in [0.15, 0.2) is 0 Å². The lowest BCUT2D eigenvalue weighted by Crippen LogP contribution is -2.48. The maximum atomic E-state index is 12.2. The molecule has 18 heavy (non-hydrogen) atoms. The average molecular weight is 269 g/mol. The van der Waals surface area contributed by atoms with Gasteiger partial charge in [-0.3, -0.25) is 4.79 Å². The number of carbonyl (C=O) groups excluding carboxylic acids is 1. The second-order valence-corrected chi connectivity index (χ2v) is 4.82. The molecule has 0 radical (unpaired) electrons. The molecular formula is C13H17ClN2O2. The Morgan fingerprint density at radius 3 is 2.56 bits per heavy atom. The zero-order valence-corrected chi connectivity index (χ0v) is 11.2. The van der Waals surface area contributed by atoms with E-state index in [0.717, 1.165) is 19.6 Å². The number of benzene rings is 1. The first-order chi connectivity index (χ1) is 8.61. The third-order valence-corrected chi connectivity index (χ3v) is 3.53. The van der Waals surface area contributed by atoms with Gasteiger partial charge in [-0.2, -0.15) is 0 Å². The van der Waals surface area contributed by atoms with Crippen LogP contribution in [-0.4, -0.2) is 53.5 Å². The highest BCUT2D eigenvalue weighted by molar-refractivity contribution is 6.30. The van der Waals surface area contributed by atoms with Crippen molar-refractivity contribution in [1.82, 2.24) is 9.80 Å². The molecule has 0 aliphatic carbocycles. The molecule has 0 spiro atoms. The lowest BCUT2D eigenvalue weighted by molar-refractivity contribution is 0.0640. The van der Waals surface area contributed by atoms with Gasteiger partial charge in [0.2, 0.25) is 0 Å². The highest BCUT2D eigenvalue weighted by Crippen LogP contribution is 2.23. The van der Waals surface area contributed by atoms with Gasteiger partial charge in [0.25, 0.3) is 5.91 Å². The molecule has 0 bridgehead atoms. The quantitative estimate of drug-likeness (QED) is 0.890. The zero-order chi connectivity index (χ0) is 13.1. The molecule has 1 saturated heterocycles. The lowest BCUT2D eigenvalue weighted by Gasteiger charge is -2.34. The molecule has 1 aromatic rings. The van der Waals surface area contributed by atoms with Crippen molar-refractivity contribution >= 4 is 17.5 Å². The summed E-state index contributed by atoms with van der Waals surface area (Å²) in [6.07, 6.45) is 0. The van der Waals surface area contributed by atoms with Gasteiger partial charge in [-0.15, -0.1) is 0 Å². The number of aromatic hydroxyl groups is 1. The van der Waals surface area contributed by atoms with Crippen LogP contribution in [-0.2, 0) is 0 Å². The highest BCUT2D eigenvalue weighted by atomic mass is 35.5. The van der Waals surface area contributed by atoms with Crippen LogP contribution in [0.1, 0.15) is 17.3 Å². The summed E-state index contributed by atoms with van der Waals surface area (Å²) >= 11 is 5.75. The summed E-state index contributed by atoms with van der Waals surface area (Å²) in [4.78, 5) is 16.3. The maximum absolute atomic E-state index is 12.2. The van der Waals surface area contributed by atoms with Crippen molar-refractivity contribution in [2.24, 2.45) is 0 Å². The third-order valence-electron chi connectivity index (χ3n) is 3.30. The lowest BCUT2D eigenvalue weighted by atomic mass is 10.1. The van der Waals surface area contributed by atoms with E-state index in [2.05, 4.69) is 11.8 Å². The van der Waals surface area contributed by atoms with E-state index in [1.807, 2.05) is 0 Å². The summed E-state index contributed by atoms with van der Waals surface area (Å²) < 4.78 is 0. The average Bonchev–Trinajstić information content (AvgIpc) is 2.38. The number of likely N-dealkylation sites (N-methyl/N-ethyl adjacent to an activating group) is 1. The SMILES string of the molecule is CCN1CCN(C(=O)c2ccc(Cl)cc2O)CC1. The molecule has 1 aliphatic rings. The van der Waals surface area contributed by atoms with Crippen LogP contribution in [0, 0.1) is 0 Å². The van der Waals surface area contributed by atoms with E-state index in [0.29, 0.717) is 23.7 Å². The molecule has 0 aromatic heterocycles. The fourth-order valence-corrected chi connectivity index (χ4v) is 2.29. The minimum absolute atomic E-state index is 0.0505. The van der Waals surface area contributed by atoms with Gasteiger partial charge in [-0.25, -0.2) is 0 Å². The van der Waals surface area contributed by atoms with Crippen LogP contribution in [0.25, 0.3) is 0 Å². The van der Waals surface area contributed by atoms with E-state index in [-0.39, 0.29) is 11.7 Å². The van der Waals surface area contributed by atoms with Gasteiger partial charge in [0.05, 0.1) is 5.56 Å². The normalized spacial score (nSPS) is 16.9. The fraction of sp³-hybridized carbons (Fsp3) is 0.462. The maximum Gasteiger partial charge on any atom is 0.257 e. The van der Waals surface area contributed by atoms with Gasteiger partial charge < -0.3 is 14.9 Å². The molecule has 2 rings (SSSR count). The molecule has 1 aromatic carbocycles. The molecule has 0 saturated carbocycles. The van der Waals surface area contributed by atoms with Crippen LogP contribution >= 0.6 is 11.6 Å². The number of nitrogens with zero attached hydrogens (tertiary/aromatic N) is 2. The number of hydrogen-bond donors (Lipinski definition) is 1. The zero-order valence-electron chi connectivity index (χ0n) is 10.4. The number of carbonyl (C=O) groups is 1. The van der Waals surface area contributed by atoms with Crippen LogP contribution in [0.15, 0.2) is 18.2 Å². The van der Waals surface area contributed by atoms with Gasteiger partial charge in [0.1, 0.15) is 5.75 Å². The van der Waals surface area contributed by atoms with Crippen molar-refractivity contribution in [3.05, 3.63) is 28.8 Å². The van der Waals surface area contributed by atoms with E-state index in [1.165, 1.54) is 6.07 Å². The van der Waals surface area contributed by atoms with Crippen molar-refractivity contribution < 1.29 is 9.90 Å². The topological polar surface area (TPSA) is 43.8 Å². The number of piperazine rings is 1. The van der Waals surface area contributed by atoms with Crippen LogP contribution in [0.3, 0.4) is 0 Å². The van der Waals surface area contributed by atoms with Gasteiger partial charge >= 0.3 is 0 Å². The molecular weight excluding hydrogens is 252 g/mol. The minimum atomic E-state index is -0.125. The molecule has 98 valence electrons. The first kappa shape index (κ1) is 13.2. The molecule has 0 atom stereocenters. The smallest absolute Gasteiger partial charge is 0.257 e. The number of phenols is 1.